The number of carbonyl (C=O) groups excluding carboxylic acids is 3. The van der Waals surface area contributed by atoms with Gasteiger partial charge in [0.15, 0.2) is 0 Å². The molecule has 206 valence electrons. The number of benzene rings is 3. The van der Waals surface area contributed by atoms with Crippen molar-refractivity contribution in [3.8, 4) is 0 Å². The number of nitrogens with one attached hydrogen (secondary N) is 2. The minimum absolute atomic E-state index is 0.189. The van der Waals surface area contributed by atoms with E-state index in [1.807, 2.05) is 95.3 Å². The number of hydrogen-bond donors (Lipinski definition) is 2. The zero-order valence-corrected chi connectivity index (χ0v) is 23.7. The van der Waals surface area contributed by atoms with E-state index in [0.717, 1.165) is 33.4 Å². The highest BCUT2D eigenvalue weighted by molar-refractivity contribution is 6.05. The molecule has 0 aliphatic carbocycles. The Morgan fingerprint density at radius 2 is 1.70 bits per heavy atom. The van der Waals surface area contributed by atoms with Gasteiger partial charge in [0.1, 0.15) is 6.04 Å². The van der Waals surface area contributed by atoms with Crippen LogP contribution in [-0.4, -0.2) is 46.8 Å². The maximum atomic E-state index is 14.3. The number of carbonyl (C=O) groups is 3. The lowest BCUT2D eigenvalue weighted by Crippen LogP contribution is -2.47. The highest BCUT2D eigenvalue weighted by Crippen LogP contribution is 2.38. The quantitative estimate of drug-likeness (QED) is 0.427. The van der Waals surface area contributed by atoms with Crippen LogP contribution < -0.4 is 10.6 Å². The van der Waals surface area contributed by atoms with Crippen molar-refractivity contribution in [2.75, 3.05) is 18.4 Å². The number of rotatable bonds is 7. The van der Waals surface area contributed by atoms with Crippen molar-refractivity contribution < 1.29 is 14.4 Å². The maximum absolute atomic E-state index is 14.3. The Morgan fingerprint density at radius 1 is 0.950 bits per heavy atom. The standard InChI is InChI=1S/C33H36N4O3/c1-6-36-28-19-37(32(39)29(28)30(35-33(36)40)26-15-12-20(2)16-23(26)5)27(18-24-10-8-7-9-11-24)31(38)34-25-14-13-21(3)22(4)17-25/h7-17,27,30H,6,18-19H2,1-5H3,(H,34,38)(H,35,40)/t27-,30-/m0/s1. The molecule has 7 nitrogen and oxygen atoms in total. The number of urea groups is 1. The second-order valence-corrected chi connectivity index (χ2v) is 10.8. The van der Waals surface area contributed by atoms with Crippen molar-refractivity contribution >= 4 is 23.5 Å². The maximum Gasteiger partial charge on any atom is 0.322 e. The van der Waals surface area contributed by atoms with E-state index < -0.39 is 12.1 Å². The minimum atomic E-state index is -0.768. The van der Waals surface area contributed by atoms with E-state index in [4.69, 9.17) is 0 Å². The van der Waals surface area contributed by atoms with Gasteiger partial charge < -0.3 is 15.5 Å². The Bertz CT molecular complexity index is 1510. The Labute approximate surface area is 235 Å². The number of aryl methyl sites for hydroxylation is 4. The van der Waals surface area contributed by atoms with Crippen molar-refractivity contribution in [1.82, 2.24) is 15.1 Å². The van der Waals surface area contributed by atoms with Crippen molar-refractivity contribution in [3.05, 3.63) is 111 Å². The molecule has 3 aromatic carbocycles. The summed E-state index contributed by atoms with van der Waals surface area (Å²) >= 11 is 0. The summed E-state index contributed by atoms with van der Waals surface area (Å²) in [6, 6.07) is 20.0. The zero-order chi connectivity index (χ0) is 28.6. The molecule has 7 heteroatoms. The van der Waals surface area contributed by atoms with Crippen LogP contribution >= 0.6 is 0 Å². The number of nitrogens with zero attached hydrogens (tertiary/aromatic N) is 2. The second-order valence-electron chi connectivity index (χ2n) is 10.8. The van der Waals surface area contributed by atoms with Crippen LogP contribution in [0.25, 0.3) is 0 Å². The van der Waals surface area contributed by atoms with Crippen LogP contribution in [0.3, 0.4) is 0 Å². The van der Waals surface area contributed by atoms with Gasteiger partial charge in [0, 0.05) is 18.7 Å². The molecule has 40 heavy (non-hydrogen) atoms. The fourth-order valence-corrected chi connectivity index (χ4v) is 5.71. The van der Waals surface area contributed by atoms with E-state index in [9.17, 15) is 14.4 Å². The van der Waals surface area contributed by atoms with Gasteiger partial charge in [0.25, 0.3) is 5.91 Å². The normalized spacial score (nSPS) is 17.6. The third kappa shape index (κ3) is 5.11. The zero-order valence-electron chi connectivity index (χ0n) is 23.7. The van der Waals surface area contributed by atoms with Crippen LogP contribution in [0.5, 0.6) is 0 Å². The first-order valence-electron chi connectivity index (χ1n) is 13.8. The van der Waals surface area contributed by atoms with Crippen LogP contribution in [0, 0.1) is 27.7 Å². The van der Waals surface area contributed by atoms with Gasteiger partial charge in [-0.1, -0.05) is 60.2 Å². The van der Waals surface area contributed by atoms with Crippen LogP contribution in [0.4, 0.5) is 10.5 Å². The molecular weight excluding hydrogens is 500 g/mol. The molecular formula is C33H36N4O3. The summed E-state index contributed by atoms with van der Waals surface area (Å²) in [5.74, 6) is -0.486. The first kappa shape index (κ1) is 27.2. The molecule has 0 saturated carbocycles. The number of hydrogen-bond acceptors (Lipinski definition) is 3. The Kier molecular flexibility index (Phi) is 7.48. The third-order valence-corrected chi connectivity index (χ3v) is 8.03. The van der Waals surface area contributed by atoms with E-state index in [2.05, 4.69) is 16.7 Å². The molecule has 0 unspecified atom stereocenters. The van der Waals surface area contributed by atoms with Gasteiger partial charge in [-0.05, 0) is 74.6 Å². The lowest BCUT2D eigenvalue weighted by Gasteiger charge is -2.33. The van der Waals surface area contributed by atoms with Crippen molar-refractivity contribution in [2.24, 2.45) is 0 Å². The lowest BCUT2D eigenvalue weighted by molar-refractivity contribution is -0.134. The van der Waals surface area contributed by atoms with E-state index >= 15 is 0 Å². The first-order chi connectivity index (χ1) is 19.2. The van der Waals surface area contributed by atoms with Gasteiger partial charge in [0.05, 0.1) is 23.9 Å². The fraction of sp³-hybridized carbons (Fsp3) is 0.303. The largest absolute Gasteiger partial charge is 0.326 e. The highest BCUT2D eigenvalue weighted by atomic mass is 16.2. The molecule has 5 rings (SSSR count). The van der Waals surface area contributed by atoms with Gasteiger partial charge in [-0.2, -0.15) is 0 Å². The van der Waals surface area contributed by atoms with Crippen molar-refractivity contribution in [1.29, 1.82) is 0 Å². The summed E-state index contributed by atoms with van der Waals surface area (Å²) < 4.78 is 0. The summed E-state index contributed by atoms with van der Waals surface area (Å²) in [6.45, 7) is 10.5. The molecule has 4 amide bonds. The summed E-state index contributed by atoms with van der Waals surface area (Å²) in [4.78, 5) is 44.6. The Hall–Kier alpha value is -4.39. The van der Waals surface area contributed by atoms with Gasteiger partial charge >= 0.3 is 6.03 Å². The van der Waals surface area contributed by atoms with Crippen molar-refractivity contribution in [3.63, 3.8) is 0 Å². The molecule has 0 aromatic heterocycles. The smallest absolute Gasteiger partial charge is 0.322 e. The molecule has 2 atom stereocenters. The molecule has 0 radical (unpaired) electrons. The van der Waals surface area contributed by atoms with Crippen LogP contribution in [0.2, 0.25) is 0 Å². The molecule has 0 bridgehead atoms. The average molecular weight is 537 g/mol. The van der Waals surface area contributed by atoms with E-state index in [1.54, 1.807) is 9.80 Å². The summed E-state index contributed by atoms with van der Waals surface area (Å²) in [6.07, 6.45) is 0.353. The Balaban J connectivity index is 1.53. The monoisotopic (exact) mass is 536 g/mol. The van der Waals surface area contributed by atoms with Crippen LogP contribution in [0.15, 0.2) is 78.0 Å². The average Bonchev–Trinajstić information content (AvgIpc) is 3.26. The predicted octanol–water partition coefficient (Wildman–Crippen LogP) is 5.35. The SMILES string of the molecule is CCN1C(=O)N[C@@H](c2ccc(C)cc2C)C2=C1CN([C@@H](Cc1ccccc1)C(=O)Nc1ccc(C)c(C)c1)C2=O. The molecule has 3 aromatic rings. The van der Waals surface area contributed by atoms with Gasteiger partial charge in [-0.3, -0.25) is 14.5 Å². The predicted molar refractivity (Wildman–Crippen MR) is 157 cm³/mol. The fourth-order valence-electron chi connectivity index (χ4n) is 5.71. The van der Waals surface area contributed by atoms with Crippen LogP contribution in [0.1, 0.15) is 46.3 Å². The van der Waals surface area contributed by atoms with Crippen LogP contribution in [-0.2, 0) is 16.0 Å². The third-order valence-electron chi connectivity index (χ3n) is 8.03. The molecule has 2 heterocycles. The summed E-state index contributed by atoms with van der Waals surface area (Å²) in [5, 5.41) is 6.12. The molecule has 0 fully saturated rings. The van der Waals surface area contributed by atoms with Gasteiger partial charge in [0.2, 0.25) is 5.91 Å². The highest BCUT2D eigenvalue weighted by Gasteiger charge is 2.47. The minimum Gasteiger partial charge on any atom is -0.326 e. The molecule has 2 aliphatic heterocycles. The molecule has 2 aliphatic rings. The summed E-state index contributed by atoms with van der Waals surface area (Å²) in [5.41, 5.74) is 8.05. The van der Waals surface area contributed by atoms with Gasteiger partial charge in [-0.15, -0.1) is 0 Å². The summed E-state index contributed by atoms with van der Waals surface area (Å²) in [7, 11) is 0. The molecule has 0 spiro atoms. The number of likely N-dealkylation sites (N-methyl/N-ethyl adjacent to an activating group) is 1. The van der Waals surface area contributed by atoms with E-state index in [1.165, 1.54) is 0 Å². The Morgan fingerprint density at radius 3 is 2.38 bits per heavy atom. The first-order valence-corrected chi connectivity index (χ1v) is 13.8. The second kappa shape index (κ2) is 11.0. The molecule has 0 saturated heterocycles. The molecule has 2 N–H and O–H groups in total. The van der Waals surface area contributed by atoms with E-state index in [-0.39, 0.29) is 24.4 Å². The number of amides is 4. The van der Waals surface area contributed by atoms with Crippen molar-refractivity contribution in [2.45, 2.75) is 53.1 Å². The topological polar surface area (TPSA) is 81.8 Å². The number of anilines is 1. The lowest BCUT2D eigenvalue weighted by atomic mass is 9.91. The van der Waals surface area contributed by atoms with Gasteiger partial charge in [-0.25, -0.2) is 4.79 Å². The van der Waals surface area contributed by atoms with E-state index in [0.29, 0.717) is 29.9 Å².